The minimum atomic E-state index is -0.399. The molecule has 1 aromatic carbocycles. The molecule has 1 saturated heterocycles. The highest BCUT2D eigenvalue weighted by Gasteiger charge is 2.51. The number of nitrogens with zero attached hydrogens (tertiary/aromatic N) is 3. The van der Waals surface area contributed by atoms with Gasteiger partial charge >= 0.3 is 7.12 Å². The molecule has 1 aliphatic rings. The fraction of sp³-hybridized carbons (Fsp3) is 0.273. The van der Waals surface area contributed by atoms with Crippen molar-refractivity contribution < 1.29 is 9.31 Å². The minimum Gasteiger partial charge on any atom is -0.399 e. The second kappa shape index (κ2) is 5.90. The number of hydrogen-bond donors (Lipinski definition) is 0. The average molecular weight is 371 g/mol. The van der Waals surface area contributed by atoms with Crippen LogP contribution in [0.1, 0.15) is 27.7 Å². The third-order valence-electron chi connectivity index (χ3n) is 5.93. The van der Waals surface area contributed by atoms with Crippen LogP contribution < -0.4 is 5.46 Å². The van der Waals surface area contributed by atoms with Gasteiger partial charge in [-0.25, -0.2) is 4.98 Å². The summed E-state index contributed by atoms with van der Waals surface area (Å²) >= 11 is 0. The Balaban J connectivity index is 1.67. The molecule has 6 heteroatoms. The lowest BCUT2D eigenvalue weighted by atomic mass is 9.79. The summed E-state index contributed by atoms with van der Waals surface area (Å²) in [5.74, 6) is 0. The van der Waals surface area contributed by atoms with Crippen LogP contribution in [0.5, 0.6) is 0 Å². The van der Waals surface area contributed by atoms with Crippen LogP contribution in [0.4, 0.5) is 0 Å². The third-order valence-corrected chi connectivity index (χ3v) is 5.93. The van der Waals surface area contributed by atoms with Crippen molar-refractivity contribution in [3.05, 3.63) is 60.9 Å². The number of aromatic nitrogens is 3. The van der Waals surface area contributed by atoms with E-state index in [9.17, 15) is 0 Å². The summed E-state index contributed by atoms with van der Waals surface area (Å²) in [6.07, 6.45) is 3.63. The van der Waals surface area contributed by atoms with Crippen LogP contribution in [0.3, 0.4) is 0 Å². The predicted molar refractivity (Wildman–Crippen MR) is 112 cm³/mol. The second-order valence-electron chi connectivity index (χ2n) is 8.26. The molecule has 4 aromatic rings. The Hall–Kier alpha value is -2.70. The van der Waals surface area contributed by atoms with Gasteiger partial charge in [-0.15, -0.1) is 0 Å². The Kier molecular flexibility index (Phi) is 3.67. The molecule has 0 N–H and O–H groups in total. The maximum absolute atomic E-state index is 6.24. The third kappa shape index (κ3) is 2.49. The fourth-order valence-corrected chi connectivity index (χ4v) is 3.71. The van der Waals surface area contributed by atoms with Gasteiger partial charge < -0.3 is 9.31 Å². The van der Waals surface area contributed by atoms with Crippen molar-refractivity contribution in [1.29, 1.82) is 0 Å². The van der Waals surface area contributed by atoms with Crippen LogP contribution >= 0.6 is 0 Å². The summed E-state index contributed by atoms with van der Waals surface area (Å²) < 4.78 is 14.6. The van der Waals surface area contributed by atoms with Crippen molar-refractivity contribution in [3.8, 4) is 5.69 Å². The zero-order chi connectivity index (χ0) is 19.5. The average Bonchev–Trinajstić information content (AvgIpc) is 3.12. The van der Waals surface area contributed by atoms with Crippen LogP contribution in [0.25, 0.3) is 27.8 Å². The van der Waals surface area contributed by atoms with Gasteiger partial charge in [-0.3, -0.25) is 9.55 Å². The molecule has 0 unspecified atom stereocenters. The molecular formula is C22H22BN3O2. The van der Waals surface area contributed by atoms with Gasteiger partial charge in [-0.2, -0.15) is 0 Å². The number of hydrogen-bond acceptors (Lipinski definition) is 4. The van der Waals surface area contributed by atoms with Crippen molar-refractivity contribution in [2.75, 3.05) is 0 Å². The second-order valence-corrected chi connectivity index (χ2v) is 8.26. The standard InChI is InChI=1S/C22H22BN3O2/c1-21(2)22(3,4)28-23(27-21)15-8-5-9-16(14-15)26-18-11-7-12-24-19(18)17-10-6-13-25-20(17)26/h5-14H,1-4H3. The molecule has 28 heavy (non-hydrogen) atoms. The van der Waals surface area contributed by atoms with Crippen molar-refractivity contribution in [3.63, 3.8) is 0 Å². The Morgan fingerprint density at radius 1 is 0.857 bits per heavy atom. The first-order valence-electron chi connectivity index (χ1n) is 9.53. The molecule has 0 atom stereocenters. The minimum absolute atomic E-state index is 0.369. The number of fused-ring (bicyclic) bond motifs is 3. The van der Waals surface area contributed by atoms with Crippen molar-refractivity contribution in [1.82, 2.24) is 14.5 Å². The zero-order valence-corrected chi connectivity index (χ0v) is 16.5. The largest absolute Gasteiger partial charge is 0.494 e. The highest BCUT2D eigenvalue weighted by Crippen LogP contribution is 2.36. The fourth-order valence-electron chi connectivity index (χ4n) is 3.71. The van der Waals surface area contributed by atoms with Gasteiger partial charge in [0.05, 0.1) is 22.2 Å². The van der Waals surface area contributed by atoms with Crippen LogP contribution in [-0.4, -0.2) is 32.9 Å². The van der Waals surface area contributed by atoms with Gasteiger partial charge in [0.15, 0.2) is 0 Å². The molecule has 0 aliphatic carbocycles. The molecule has 1 fully saturated rings. The van der Waals surface area contributed by atoms with E-state index in [4.69, 9.17) is 9.31 Å². The summed E-state index contributed by atoms with van der Waals surface area (Å²) in [5, 5.41) is 1.04. The summed E-state index contributed by atoms with van der Waals surface area (Å²) in [6, 6.07) is 16.3. The maximum atomic E-state index is 6.24. The van der Waals surface area contributed by atoms with Gasteiger partial charge in [0.25, 0.3) is 0 Å². The van der Waals surface area contributed by atoms with Crippen molar-refractivity contribution >= 4 is 34.6 Å². The van der Waals surface area contributed by atoms with E-state index in [1.807, 2.05) is 36.7 Å². The van der Waals surface area contributed by atoms with E-state index < -0.39 is 7.12 Å². The molecule has 0 spiro atoms. The Labute approximate surface area is 164 Å². The molecular weight excluding hydrogens is 349 g/mol. The SMILES string of the molecule is CC1(C)OB(c2cccc(-n3c4cccnc4c4cccnc43)c2)OC1(C)C. The molecule has 1 aliphatic heterocycles. The topological polar surface area (TPSA) is 49.2 Å². The molecule has 0 bridgehead atoms. The van der Waals surface area contributed by atoms with E-state index in [-0.39, 0.29) is 11.2 Å². The molecule has 5 rings (SSSR count). The van der Waals surface area contributed by atoms with E-state index >= 15 is 0 Å². The van der Waals surface area contributed by atoms with Gasteiger partial charge in [0.1, 0.15) is 5.65 Å². The monoisotopic (exact) mass is 371 g/mol. The lowest BCUT2D eigenvalue weighted by Gasteiger charge is -2.32. The molecule has 5 nitrogen and oxygen atoms in total. The van der Waals surface area contributed by atoms with Gasteiger partial charge in [-0.05, 0) is 69.6 Å². The van der Waals surface area contributed by atoms with Crippen molar-refractivity contribution in [2.45, 2.75) is 38.9 Å². The van der Waals surface area contributed by atoms with Crippen LogP contribution in [0, 0.1) is 0 Å². The van der Waals surface area contributed by atoms with E-state index in [2.05, 4.69) is 66.5 Å². The first-order chi connectivity index (χ1) is 13.4. The molecule has 0 saturated carbocycles. The Morgan fingerprint density at radius 3 is 2.36 bits per heavy atom. The van der Waals surface area contributed by atoms with E-state index in [1.54, 1.807) is 0 Å². The first-order valence-corrected chi connectivity index (χ1v) is 9.53. The number of rotatable bonds is 2. The summed E-state index contributed by atoms with van der Waals surface area (Å²) in [4.78, 5) is 9.21. The smallest absolute Gasteiger partial charge is 0.399 e. The van der Waals surface area contributed by atoms with Gasteiger partial charge in [0, 0.05) is 23.5 Å². The molecule has 3 aromatic heterocycles. The summed E-state index contributed by atoms with van der Waals surface area (Å²) in [7, 11) is -0.399. The molecule has 4 heterocycles. The van der Waals surface area contributed by atoms with Crippen LogP contribution in [0.15, 0.2) is 60.9 Å². The molecule has 140 valence electrons. The normalized spacial score (nSPS) is 18.2. The van der Waals surface area contributed by atoms with Gasteiger partial charge in [0.2, 0.25) is 0 Å². The summed E-state index contributed by atoms with van der Waals surface area (Å²) in [5.41, 5.74) is 4.14. The lowest BCUT2D eigenvalue weighted by Crippen LogP contribution is -2.41. The van der Waals surface area contributed by atoms with Crippen LogP contribution in [-0.2, 0) is 9.31 Å². The number of pyridine rings is 2. The van der Waals surface area contributed by atoms with E-state index in [1.165, 1.54) is 0 Å². The first kappa shape index (κ1) is 17.4. The quantitative estimate of drug-likeness (QED) is 0.502. The maximum Gasteiger partial charge on any atom is 0.494 e. The van der Waals surface area contributed by atoms with Gasteiger partial charge in [-0.1, -0.05) is 12.1 Å². The summed E-state index contributed by atoms with van der Waals surface area (Å²) in [6.45, 7) is 8.28. The van der Waals surface area contributed by atoms with E-state index in [0.29, 0.717) is 0 Å². The van der Waals surface area contributed by atoms with Crippen molar-refractivity contribution in [2.24, 2.45) is 0 Å². The zero-order valence-electron chi connectivity index (χ0n) is 16.5. The number of benzene rings is 1. The Morgan fingerprint density at radius 2 is 1.57 bits per heavy atom. The lowest BCUT2D eigenvalue weighted by molar-refractivity contribution is 0.00578. The van der Waals surface area contributed by atoms with E-state index in [0.717, 1.165) is 33.2 Å². The Bertz CT molecular complexity index is 1130. The highest BCUT2D eigenvalue weighted by molar-refractivity contribution is 6.62. The molecule has 0 radical (unpaired) electrons. The van der Waals surface area contributed by atoms with Crippen LogP contribution in [0.2, 0.25) is 0 Å². The highest BCUT2D eigenvalue weighted by atomic mass is 16.7. The molecule has 0 amide bonds. The predicted octanol–water partition coefficient (Wildman–Crippen LogP) is 3.87.